The number of nitrogens with zero attached hydrogens (tertiary/aromatic N) is 1. The number of carbonyl (C=O) groups is 1. The molecule has 140 valence electrons. The van der Waals surface area contributed by atoms with Crippen LogP contribution in [0.25, 0.3) is 0 Å². The number of benzene rings is 1. The summed E-state index contributed by atoms with van der Waals surface area (Å²) in [6, 6.07) is 7.10. The Morgan fingerprint density at radius 2 is 1.50 bits per heavy atom. The van der Waals surface area contributed by atoms with Crippen LogP contribution in [-0.4, -0.2) is 30.7 Å². The maximum Gasteiger partial charge on any atom is 0.257 e. The van der Waals surface area contributed by atoms with Gasteiger partial charge in [-0.2, -0.15) is 0 Å². The number of rotatable bonds is 8. The van der Waals surface area contributed by atoms with Gasteiger partial charge in [0.1, 0.15) is 5.82 Å². The van der Waals surface area contributed by atoms with E-state index >= 15 is 0 Å². The molecule has 6 heteroatoms. The fourth-order valence-corrected chi connectivity index (χ4v) is 2.61. The molecular formula is C20H26N2O4. The van der Waals surface area contributed by atoms with E-state index in [4.69, 9.17) is 14.2 Å². The van der Waals surface area contributed by atoms with Crippen molar-refractivity contribution in [3.8, 4) is 17.2 Å². The molecule has 2 aromatic rings. The van der Waals surface area contributed by atoms with Gasteiger partial charge in [0.05, 0.1) is 19.8 Å². The first kappa shape index (κ1) is 19.6. The van der Waals surface area contributed by atoms with Gasteiger partial charge in [-0.05, 0) is 64.4 Å². The number of amides is 1. The lowest BCUT2D eigenvalue weighted by molar-refractivity contribution is 0.102. The summed E-state index contributed by atoms with van der Waals surface area (Å²) in [4.78, 5) is 17.1. The number of aryl methyl sites for hydroxylation is 2. The highest BCUT2D eigenvalue weighted by molar-refractivity contribution is 6.04. The zero-order valence-electron chi connectivity index (χ0n) is 16.0. The molecule has 26 heavy (non-hydrogen) atoms. The molecule has 0 aliphatic rings. The fourth-order valence-electron chi connectivity index (χ4n) is 2.61. The van der Waals surface area contributed by atoms with Crippen molar-refractivity contribution >= 4 is 11.7 Å². The summed E-state index contributed by atoms with van der Waals surface area (Å²) in [5, 5.41) is 2.83. The first-order valence-corrected chi connectivity index (χ1v) is 8.81. The lowest BCUT2D eigenvalue weighted by atomic mass is 10.1. The normalized spacial score (nSPS) is 10.3. The molecule has 1 heterocycles. The topological polar surface area (TPSA) is 69.7 Å². The van der Waals surface area contributed by atoms with E-state index in [2.05, 4.69) is 10.3 Å². The quantitative estimate of drug-likeness (QED) is 0.768. The van der Waals surface area contributed by atoms with Crippen molar-refractivity contribution in [2.45, 2.75) is 34.6 Å². The average Bonchev–Trinajstić information content (AvgIpc) is 2.57. The lowest BCUT2D eigenvalue weighted by Crippen LogP contribution is -2.14. The van der Waals surface area contributed by atoms with Gasteiger partial charge in [0, 0.05) is 11.3 Å². The number of hydrogen-bond donors (Lipinski definition) is 1. The van der Waals surface area contributed by atoms with Gasteiger partial charge in [0.2, 0.25) is 5.75 Å². The molecule has 0 saturated heterocycles. The van der Waals surface area contributed by atoms with Crippen LogP contribution >= 0.6 is 0 Å². The van der Waals surface area contributed by atoms with E-state index < -0.39 is 0 Å². The number of carbonyl (C=O) groups excluding carboxylic acids is 1. The van der Waals surface area contributed by atoms with Crippen molar-refractivity contribution in [2.75, 3.05) is 25.1 Å². The molecule has 0 radical (unpaired) electrons. The summed E-state index contributed by atoms with van der Waals surface area (Å²) < 4.78 is 17.0. The Morgan fingerprint density at radius 3 is 2.00 bits per heavy atom. The summed E-state index contributed by atoms with van der Waals surface area (Å²) in [5.41, 5.74) is 2.29. The van der Waals surface area contributed by atoms with Crippen molar-refractivity contribution in [3.63, 3.8) is 0 Å². The smallest absolute Gasteiger partial charge is 0.257 e. The monoisotopic (exact) mass is 358 g/mol. The van der Waals surface area contributed by atoms with E-state index in [0.29, 0.717) is 48.5 Å². The third-order valence-electron chi connectivity index (χ3n) is 3.51. The van der Waals surface area contributed by atoms with Crippen LogP contribution in [0.2, 0.25) is 0 Å². The molecule has 6 nitrogen and oxygen atoms in total. The average molecular weight is 358 g/mol. The summed E-state index contributed by atoms with van der Waals surface area (Å²) in [5.74, 6) is 1.71. The number of nitrogens with one attached hydrogen (secondary N) is 1. The zero-order valence-corrected chi connectivity index (χ0v) is 16.0. The number of pyridine rings is 1. The van der Waals surface area contributed by atoms with E-state index in [-0.39, 0.29) is 5.91 Å². The van der Waals surface area contributed by atoms with Crippen molar-refractivity contribution < 1.29 is 19.0 Å². The highest BCUT2D eigenvalue weighted by Crippen LogP contribution is 2.39. The maximum atomic E-state index is 12.7. The molecule has 0 atom stereocenters. The SMILES string of the molecule is CCOc1cc(C(=O)Nc2cc(C)cc(C)n2)cc(OCC)c1OCC. The molecule has 1 amide bonds. The first-order valence-electron chi connectivity index (χ1n) is 8.81. The number of anilines is 1. The summed E-state index contributed by atoms with van der Waals surface area (Å²) in [6.45, 7) is 10.9. The van der Waals surface area contributed by atoms with Gasteiger partial charge >= 0.3 is 0 Å². The molecule has 0 saturated carbocycles. The van der Waals surface area contributed by atoms with E-state index in [1.54, 1.807) is 12.1 Å². The van der Waals surface area contributed by atoms with Gasteiger partial charge in [0.25, 0.3) is 5.91 Å². The van der Waals surface area contributed by atoms with Crippen molar-refractivity contribution in [1.29, 1.82) is 0 Å². The largest absolute Gasteiger partial charge is 0.490 e. The van der Waals surface area contributed by atoms with Crippen LogP contribution in [0.1, 0.15) is 42.4 Å². The molecule has 0 fully saturated rings. The molecule has 0 unspecified atom stereocenters. The number of hydrogen-bond acceptors (Lipinski definition) is 5. The Labute approximate surface area is 154 Å². The Balaban J connectivity index is 2.38. The van der Waals surface area contributed by atoms with Gasteiger partial charge in [-0.1, -0.05) is 0 Å². The molecule has 0 aliphatic carbocycles. The maximum absolute atomic E-state index is 12.7. The molecule has 1 aromatic carbocycles. The predicted molar refractivity (Wildman–Crippen MR) is 102 cm³/mol. The highest BCUT2D eigenvalue weighted by Gasteiger charge is 2.18. The third-order valence-corrected chi connectivity index (χ3v) is 3.51. The molecular weight excluding hydrogens is 332 g/mol. The Hall–Kier alpha value is -2.76. The standard InChI is InChI=1S/C20H26N2O4/c1-6-24-16-11-15(12-17(25-7-2)19(16)26-8-3)20(23)22-18-10-13(4)9-14(5)21-18/h9-12H,6-8H2,1-5H3,(H,21,22,23). The van der Waals surface area contributed by atoms with Gasteiger partial charge in [-0.3, -0.25) is 4.79 Å². The van der Waals surface area contributed by atoms with E-state index in [1.165, 1.54) is 0 Å². The summed E-state index contributed by atoms with van der Waals surface area (Å²) in [7, 11) is 0. The van der Waals surface area contributed by atoms with Gasteiger partial charge < -0.3 is 19.5 Å². The predicted octanol–water partition coefficient (Wildman–Crippen LogP) is 4.15. The molecule has 1 aromatic heterocycles. The van der Waals surface area contributed by atoms with Crippen LogP contribution in [0.15, 0.2) is 24.3 Å². The fraction of sp³-hybridized carbons (Fsp3) is 0.400. The van der Waals surface area contributed by atoms with Crippen LogP contribution in [-0.2, 0) is 0 Å². The Kier molecular flexibility index (Phi) is 6.83. The second-order valence-electron chi connectivity index (χ2n) is 5.73. The third kappa shape index (κ3) is 4.88. The van der Waals surface area contributed by atoms with E-state index in [1.807, 2.05) is 46.8 Å². The number of ether oxygens (including phenoxy) is 3. The molecule has 0 bridgehead atoms. The van der Waals surface area contributed by atoms with Crippen molar-refractivity contribution in [1.82, 2.24) is 4.98 Å². The molecule has 1 N–H and O–H groups in total. The minimum atomic E-state index is -0.285. The van der Waals surface area contributed by atoms with Crippen molar-refractivity contribution in [3.05, 3.63) is 41.1 Å². The van der Waals surface area contributed by atoms with Gasteiger partial charge in [0.15, 0.2) is 11.5 Å². The molecule has 0 spiro atoms. The van der Waals surface area contributed by atoms with Crippen LogP contribution in [0.4, 0.5) is 5.82 Å². The van der Waals surface area contributed by atoms with Crippen LogP contribution in [0.5, 0.6) is 17.2 Å². The van der Waals surface area contributed by atoms with E-state index in [0.717, 1.165) is 11.3 Å². The Bertz CT molecular complexity index is 727. The van der Waals surface area contributed by atoms with Crippen molar-refractivity contribution in [2.24, 2.45) is 0 Å². The molecule has 2 rings (SSSR count). The van der Waals surface area contributed by atoms with Crippen LogP contribution in [0, 0.1) is 13.8 Å². The number of aromatic nitrogens is 1. The van der Waals surface area contributed by atoms with Gasteiger partial charge in [-0.15, -0.1) is 0 Å². The highest BCUT2D eigenvalue weighted by atomic mass is 16.5. The van der Waals surface area contributed by atoms with Gasteiger partial charge in [-0.25, -0.2) is 4.98 Å². The zero-order chi connectivity index (χ0) is 19.1. The van der Waals surface area contributed by atoms with E-state index in [9.17, 15) is 4.79 Å². The second-order valence-corrected chi connectivity index (χ2v) is 5.73. The first-order chi connectivity index (χ1) is 12.5. The molecule has 0 aliphatic heterocycles. The minimum absolute atomic E-state index is 0.285. The lowest BCUT2D eigenvalue weighted by Gasteiger charge is -2.17. The summed E-state index contributed by atoms with van der Waals surface area (Å²) in [6.07, 6.45) is 0. The van der Waals surface area contributed by atoms with Crippen LogP contribution < -0.4 is 19.5 Å². The Morgan fingerprint density at radius 1 is 0.923 bits per heavy atom. The van der Waals surface area contributed by atoms with Crippen LogP contribution in [0.3, 0.4) is 0 Å². The summed E-state index contributed by atoms with van der Waals surface area (Å²) >= 11 is 0. The second kappa shape index (κ2) is 9.08. The minimum Gasteiger partial charge on any atom is -0.490 e.